The molecule has 1 unspecified atom stereocenters. The number of carbonyl (C=O) groups is 1. The molecule has 5 aromatic rings. The summed E-state index contributed by atoms with van der Waals surface area (Å²) in [5, 5.41) is 23.5. The smallest absolute Gasteiger partial charge is 0.255 e. The largest absolute Gasteiger partial charge is 0.390 e. The third kappa shape index (κ3) is 3.94. The van der Waals surface area contributed by atoms with E-state index in [1.54, 1.807) is 29.3 Å². The number of nitrogens with zero attached hydrogens (tertiary/aromatic N) is 4. The average Bonchev–Trinajstić information content (AvgIpc) is 3.55. The van der Waals surface area contributed by atoms with Gasteiger partial charge in [0.15, 0.2) is 0 Å². The summed E-state index contributed by atoms with van der Waals surface area (Å²) in [6, 6.07) is 18.9. The Balaban J connectivity index is 1.40. The van der Waals surface area contributed by atoms with E-state index in [4.69, 9.17) is 0 Å². The Morgan fingerprint density at radius 3 is 2.81 bits per heavy atom. The van der Waals surface area contributed by atoms with Gasteiger partial charge >= 0.3 is 0 Å². The van der Waals surface area contributed by atoms with E-state index in [1.165, 1.54) is 11.3 Å². The number of aliphatic hydroxyl groups is 1. The Morgan fingerprint density at radius 2 is 1.97 bits per heavy atom. The molecule has 0 spiro atoms. The molecule has 4 heterocycles. The van der Waals surface area contributed by atoms with Crippen LogP contribution in [0.25, 0.3) is 21.3 Å². The second kappa shape index (κ2) is 9.03. The molecule has 178 valence electrons. The highest BCUT2D eigenvalue weighted by Gasteiger charge is 2.35. The molecule has 9 heteroatoms. The number of allylic oxidation sites excluding steroid dienone is 1. The van der Waals surface area contributed by atoms with Crippen LogP contribution in [0.1, 0.15) is 23.5 Å². The van der Waals surface area contributed by atoms with Crippen LogP contribution in [0, 0.1) is 0 Å². The maximum absolute atomic E-state index is 13.7. The summed E-state index contributed by atoms with van der Waals surface area (Å²) in [6.45, 7) is 1.68. The van der Waals surface area contributed by atoms with Crippen molar-refractivity contribution in [3.63, 3.8) is 0 Å². The second-order valence-electron chi connectivity index (χ2n) is 8.52. The molecule has 0 saturated heterocycles. The van der Waals surface area contributed by atoms with Crippen LogP contribution in [0.15, 0.2) is 90.5 Å². The molecular weight excluding hydrogens is 472 g/mol. The number of aliphatic hydroxyl groups excluding tert-OH is 1. The van der Waals surface area contributed by atoms with E-state index in [0.717, 1.165) is 26.2 Å². The van der Waals surface area contributed by atoms with Crippen LogP contribution in [-0.4, -0.2) is 30.8 Å². The second-order valence-corrected chi connectivity index (χ2v) is 9.58. The Bertz CT molecular complexity index is 1620. The number of amides is 1. The van der Waals surface area contributed by atoms with Crippen LogP contribution < -0.4 is 10.6 Å². The molecular formula is C27H22N6O2S. The quantitative estimate of drug-likeness (QED) is 0.319. The number of pyridine rings is 1. The molecule has 36 heavy (non-hydrogen) atoms. The Labute approximate surface area is 211 Å². The van der Waals surface area contributed by atoms with Crippen molar-refractivity contribution < 1.29 is 9.90 Å². The summed E-state index contributed by atoms with van der Waals surface area (Å²) in [7, 11) is 0. The van der Waals surface area contributed by atoms with Gasteiger partial charge in [-0.1, -0.05) is 36.4 Å². The van der Waals surface area contributed by atoms with Crippen molar-refractivity contribution in [1.29, 1.82) is 0 Å². The van der Waals surface area contributed by atoms with E-state index in [9.17, 15) is 9.90 Å². The predicted molar refractivity (Wildman–Crippen MR) is 141 cm³/mol. The van der Waals surface area contributed by atoms with Crippen molar-refractivity contribution in [2.75, 3.05) is 10.6 Å². The first-order chi connectivity index (χ1) is 17.6. The molecule has 3 aromatic heterocycles. The van der Waals surface area contributed by atoms with E-state index in [-0.39, 0.29) is 12.5 Å². The molecule has 0 aliphatic carbocycles. The van der Waals surface area contributed by atoms with Gasteiger partial charge < -0.3 is 15.7 Å². The van der Waals surface area contributed by atoms with E-state index in [2.05, 4.69) is 25.7 Å². The maximum atomic E-state index is 13.7. The van der Waals surface area contributed by atoms with Crippen molar-refractivity contribution in [2.24, 2.45) is 0 Å². The lowest BCUT2D eigenvalue weighted by atomic mass is 10.0. The van der Waals surface area contributed by atoms with Crippen LogP contribution in [-0.2, 0) is 11.4 Å². The molecule has 0 fully saturated rings. The summed E-state index contributed by atoms with van der Waals surface area (Å²) in [4.78, 5) is 23.4. The van der Waals surface area contributed by atoms with Crippen molar-refractivity contribution in [2.45, 2.75) is 19.6 Å². The van der Waals surface area contributed by atoms with Gasteiger partial charge in [0, 0.05) is 47.0 Å². The van der Waals surface area contributed by atoms with E-state index in [0.29, 0.717) is 28.5 Å². The number of fused-ring (bicyclic) bond motifs is 2. The van der Waals surface area contributed by atoms with Gasteiger partial charge in [-0.2, -0.15) is 5.10 Å². The van der Waals surface area contributed by atoms with Crippen LogP contribution in [0.2, 0.25) is 0 Å². The maximum Gasteiger partial charge on any atom is 0.255 e. The summed E-state index contributed by atoms with van der Waals surface area (Å²) < 4.78 is 1.75. The summed E-state index contributed by atoms with van der Waals surface area (Å²) in [6.07, 6.45) is 5.32. The Morgan fingerprint density at radius 1 is 1.11 bits per heavy atom. The lowest BCUT2D eigenvalue weighted by Crippen LogP contribution is -2.31. The van der Waals surface area contributed by atoms with Crippen molar-refractivity contribution >= 4 is 39.5 Å². The number of nitrogens with one attached hydrogen (secondary N) is 2. The molecule has 2 aromatic carbocycles. The molecule has 3 N–H and O–H groups in total. The zero-order valence-corrected chi connectivity index (χ0v) is 20.2. The Hall–Kier alpha value is -4.34. The van der Waals surface area contributed by atoms with Gasteiger partial charge in [-0.25, -0.2) is 9.67 Å². The fourth-order valence-corrected chi connectivity index (χ4v) is 5.46. The number of hydrogen-bond acceptors (Lipinski definition) is 7. The normalized spacial score (nSPS) is 15.0. The molecule has 0 bridgehead atoms. The van der Waals surface area contributed by atoms with Gasteiger partial charge in [-0.3, -0.25) is 9.78 Å². The standard InChI is InChI=1S/C27H22N6O2S/c1-16-24(26(35)31-20-8-7-19-13-28-10-9-18(19)11-20)25(33-23(30-16)12-21(15-34)32-33)22-14-29-27(36-22)17-5-3-2-4-6-17/h2-14,25,30,34H,15H2,1H3,(H,31,35). The van der Waals surface area contributed by atoms with Gasteiger partial charge in [0.2, 0.25) is 0 Å². The lowest BCUT2D eigenvalue weighted by molar-refractivity contribution is -0.113. The first kappa shape index (κ1) is 22.1. The topological polar surface area (TPSA) is 105 Å². The number of thiazole rings is 1. The lowest BCUT2D eigenvalue weighted by Gasteiger charge is -2.28. The van der Waals surface area contributed by atoms with Crippen LogP contribution >= 0.6 is 11.3 Å². The Kier molecular flexibility index (Phi) is 5.55. The van der Waals surface area contributed by atoms with E-state index < -0.39 is 6.04 Å². The summed E-state index contributed by atoms with van der Waals surface area (Å²) >= 11 is 1.52. The van der Waals surface area contributed by atoms with Crippen molar-refractivity contribution in [1.82, 2.24) is 19.7 Å². The molecule has 1 aliphatic heterocycles. The van der Waals surface area contributed by atoms with Crippen LogP contribution in [0.4, 0.5) is 11.5 Å². The van der Waals surface area contributed by atoms with Crippen LogP contribution in [0.3, 0.4) is 0 Å². The first-order valence-corrected chi connectivity index (χ1v) is 12.3. The summed E-state index contributed by atoms with van der Waals surface area (Å²) in [5.41, 5.74) is 3.47. The van der Waals surface area contributed by atoms with Gasteiger partial charge in [0.1, 0.15) is 16.9 Å². The first-order valence-electron chi connectivity index (χ1n) is 11.4. The third-order valence-electron chi connectivity index (χ3n) is 6.14. The predicted octanol–water partition coefficient (Wildman–Crippen LogP) is 4.97. The van der Waals surface area contributed by atoms with E-state index >= 15 is 0 Å². The monoisotopic (exact) mass is 494 g/mol. The number of anilines is 2. The van der Waals surface area contributed by atoms with Gasteiger partial charge in [-0.15, -0.1) is 11.3 Å². The van der Waals surface area contributed by atoms with Crippen LogP contribution in [0.5, 0.6) is 0 Å². The van der Waals surface area contributed by atoms with Crippen molar-refractivity contribution in [3.8, 4) is 10.6 Å². The van der Waals surface area contributed by atoms with Gasteiger partial charge in [-0.05, 0) is 30.5 Å². The molecule has 6 rings (SSSR count). The van der Waals surface area contributed by atoms with Gasteiger partial charge in [0.25, 0.3) is 5.91 Å². The molecule has 0 radical (unpaired) electrons. The third-order valence-corrected chi connectivity index (χ3v) is 7.24. The SMILES string of the molecule is CC1=C(C(=O)Nc2ccc3cnccc3c2)C(c2cnc(-c3ccccc3)s2)n2nc(CO)cc2N1. The summed E-state index contributed by atoms with van der Waals surface area (Å²) in [5.74, 6) is 0.478. The minimum atomic E-state index is -0.499. The van der Waals surface area contributed by atoms with E-state index in [1.807, 2.05) is 61.5 Å². The number of carbonyl (C=O) groups excluding carboxylic acids is 1. The van der Waals surface area contributed by atoms with Crippen molar-refractivity contribution in [3.05, 3.63) is 101 Å². The number of benzene rings is 2. The zero-order chi connectivity index (χ0) is 24.6. The molecule has 8 nitrogen and oxygen atoms in total. The fourth-order valence-electron chi connectivity index (χ4n) is 4.44. The number of aromatic nitrogens is 4. The zero-order valence-electron chi connectivity index (χ0n) is 19.3. The highest BCUT2D eigenvalue weighted by Crippen LogP contribution is 2.40. The number of rotatable bonds is 5. The minimum absolute atomic E-state index is 0.196. The molecule has 1 aliphatic rings. The highest BCUT2D eigenvalue weighted by atomic mass is 32.1. The molecule has 1 amide bonds. The highest BCUT2D eigenvalue weighted by molar-refractivity contribution is 7.15. The van der Waals surface area contributed by atoms with Gasteiger partial charge in [0.05, 0.1) is 22.8 Å². The molecule has 0 saturated carbocycles. The molecule has 1 atom stereocenters. The minimum Gasteiger partial charge on any atom is -0.390 e. The fraction of sp³-hybridized carbons (Fsp3) is 0.111. The number of hydrogen-bond donors (Lipinski definition) is 3. The average molecular weight is 495 g/mol.